The fourth-order valence-electron chi connectivity index (χ4n) is 4.42. The predicted molar refractivity (Wildman–Crippen MR) is 135 cm³/mol. The third kappa shape index (κ3) is 9.05. The molecule has 3 atom stereocenters. The van der Waals surface area contributed by atoms with Crippen LogP contribution in [0.4, 0.5) is 0 Å². The molecule has 0 radical (unpaired) electrons. The van der Waals surface area contributed by atoms with Gasteiger partial charge in [-0.15, -0.1) is 13.2 Å². The van der Waals surface area contributed by atoms with Gasteiger partial charge in [-0.25, -0.2) is 0 Å². The molecule has 2 rings (SSSR count). The molecule has 34 heavy (non-hydrogen) atoms. The number of hydrogen-bond donors (Lipinski definition) is 3. The molecule has 0 aromatic carbocycles. The number of hydrogen-bond acceptors (Lipinski definition) is 5. The molecule has 2 fully saturated rings. The first kappa shape index (κ1) is 29.6. The molecule has 192 valence electrons. The second-order valence-corrected chi connectivity index (χ2v) is 9.11. The van der Waals surface area contributed by atoms with Crippen LogP contribution in [0.15, 0.2) is 25.3 Å². The zero-order valence-corrected chi connectivity index (χ0v) is 21.0. The fraction of sp³-hybridized carbons (Fsp3) is 0.692. The van der Waals surface area contributed by atoms with Crippen molar-refractivity contribution in [3.63, 3.8) is 0 Å². The van der Waals surface area contributed by atoms with Gasteiger partial charge < -0.3 is 21.3 Å². The molecule has 3 amide bonds. The average Bonchev–Trinajstić information content (AvgIpc) is 3.34. The normalized spacial score (nSPS) is 19.7. The van der Waals surface area contributed by atoms with Crippen LogP contribution in [0.3, 0.4) is 0 Å². The van der Waals surface area contributed by atoms with Gasteiger partial charge in [-0.1, -0.05) is 51.7 Å². The Kier molecular flexibility index (Phi) is 14.1. The summed E-state index contributed by atoms with van der Waals surface area (Å²) in [4.78, 5) is 52.2. The van der Waals surface area contributed by atoms with E-state index >= 15 is 0 Å². The first-order chi connectivity index (χ1) is 16.3. The number of ketones is 1. The van der Waals surface area contributed by atoms with Gasteiger partial charge in [0, 0.05) is 13.1 Å². The Morgan fingerprint density at radius 2 is 1.68 bits per heavy atom. The third-order valence-corrected chi connectivity index (χ3v) is 6.20. The molecule has 8 heteroatoms. The Balaban J connectivity index is 0.00000182. The van der Waals surface area contributed by atoms with Crippen LogP contribution < -0.4 is 16.4 Å². The molecule has 4 N–H and O–H groups in total. The van der Waals surface area contributed by atoms with Crippen molar-refractivity contribution < 1.29 is 19.2 Å². The highest BCUT2D eigenvalue weighted by molar-refractivity contribution is 6.38. The maximum atomic E-state index is 13.0. The number of rotatable bonds is 11. The first-order valence-corrected chi connectivity index (χ1v) is 12.7. The van der Waals surface area contributed by atoms with E-state index in [0.717, 1.165) is 25.7 Å². The van der Waals surface area contributed by atoms with Crippen molar-refractivity contribution >= 4 is 23.5 Å². The molecular formula is C26H44N4O4. The molecule has 0 aromatic heterocycles. The highest BCUT2D eigenvalue weighted by Crippen LogP contribution is 2.28. The van der Waals surface area contributed by atoms with Crippen LogP contribution in [0.5, 0.6) is 0 Å². The minimum Gasteiger partial charge on any atom is -0.346 e. The van der Waals surface area contributed by atoms with Crippen LogP contribution >= 0.6 is 0 Å². The van der Waals surface area contributed by atoms with Crippen molar-refractivity contribution in [3.8, 4) is 0 Å². The Morgan fingerprint density at radius 1 is 1.03 bits per heavy atom. The number of nitrogens with two attached hydrogens (primary N) is 1. The number of likely N-dealkylation sites (tertiary alicyclic amines) is 1. The van der Waals surface area contributed by atoms with Crippen LogP contribution in [0.1, 0.15) is 78.1 Å². The van der Waals surface area contributed by atoms with Crippen molar-refractivity contribution in [2.45, 2.75) is 96.2 Å². The van der Waals surface area contributed by atoms with Gasteiger partial charge in [0.1, 0.15) is 6.04 Å². The highest BCUT2D eigenvalue weighted by Gasteiger charge is 2.39. The van der Waals surface area contributed by atoms with Crippen molar-refractivity contribution in [2.24, 2.45) is 11.7 Å². The Labute approximate surface area is 204 Å². The Morgan fingerprint density at radius 3 is 2.26 bits per heavy atom. The van der Waals surface area contributed by atoms with E-state index in [1.807, 2.05) is 0 Å². The van der Waals surface area contributed by atoms with E-state index < -0.39 is 35.7 Å². The van der Waals surface area contributed by atoms with E-state index in [4.69, 9.17) is 5.73 Å². The van der Waals surface area contributed by atoms with Gasteiger partial charge in [-0.3, -0.25) is 19.2 Å². The highest BCUT2D eigenvalue weighted by atomic mass is 16.2. The molecule has 1 aliphatic heterocycles. The molecule has 8 nitrogen and oxygen atoms in total. The van der Waals surface area contributed by atoms with E-state index in [0.29, 0.717) is 25.8 Å². The number of allylic oxidation sites excluding steroid dienone is 1. The maximum Gasteiger partial charge on any atom is 0.289 e. The summed E-state index contributed by atoms with van der Waals surface area (Å²) in [5.74, 6) is -1.94. The molecule has 1 saturated heterocycles. The minimum absolute atomic E-state index is 0.154. The number of amides is 3. The van der Waals surface area contributed by atoms with Gasteiger partial charge >= 0.3 is 0 Å². The molecule has 0 spiro atoms. The largest absolute Gasteiger partial charge is 0.346 e. The summed E-state index contributed by atoms with van der Waals surface area (Å²) in [6.45, 7) is 12.0. The lowest BCUT2D eigenvalue weighted by Crippen LogP contribution is -2.56. The van der Waals surface area contributed by atoms with Crippen molar-refractivity contribution in [3.05, 3.63) is 25.3 Å². The van der Waals surface area contributed by atoms with Crippen molar-refractivity contribution in [1.29, 1.82) is 0 Å². The van der Waals surface area contributed by atoms with Crippen molar-refractivity contribution in [1.82, 2.24) is 15.5 Å². The second kappa shape index (κ2) is 16.2. The van der Waals surface area contributed by atoms with Crippen LogP contribution in [0.2, 0.25) is 0 Å². The summed E-state index contributed by atoms with van der Waals surface area (Å²) in [7, 11) is 0. The molecule has 2 aliphatic rings. The molecular weight excluding hydrogens is 432 g/mol. The van der Waals surface area contributed by atoms with Gasteiger partial charge in [0.15, 0.2) is 0 Å². The standard InChI is InChI=1S/C23H36N4O4.C3H8/c1-3-5-12-17(20(28)22(30)25-14-4-2)26-21(29)18-13-9-15-27(18)23(31)19(24)16-10-7-6-8-11-16;1-3-2/h3-4,16-19H,1-2,5-15,24H2,(H,25,30)(H,26,29);3H2,1-2H3/t17?,18-,19-;/m0./s1. The maximum absolute atomic E-state index is 13.0. The van der Waals surface area contributed by atoms with Gasteiger partial charge in [-0.05, 0) is 44.4 Å². The molecule has 1 aliphatic carbocycles. The lowest BCUT2D eigenvalue weighted by Gasteiger charge is -2.32. The molecule has 1 saturated carbocycles. The topological polar surface area (TPSA) is 122 Å². The van der Waals surface area contributed by atoms with Gasteiger partial charge in [-0.2, -0.15) is 0 Å². The SMILES string of the molecule is C=CCCC(NC(=O)[C@@H]1CCCN1C(=O)[C@@H](N)C1CCCCC1)C(=O)C(=O)NCC=C.CCC. The Bertz CT molecular complexity index is 703. The monoisotopic (exact) mass is 476 g/mol. The molecule has 1 unspecified atom stereocenters. The van der Waals surface area contributed by atoms with Crippen LogP contribution in [0, 0.1) is 5.92 Å². The zero-order chi connectivity index (χ0) is 25.5. The van der Waals surface area contributed by atoms with E-state index in [-0.39, 0.29) is 24.8 Å². The fourth-order valence-corrected chi connectivity index (χ4v) is 4.42. The summed E-state index contributed by atoms with van der Waals surface area (Å²) in [5, 5.41) is 5.14. The van der Waals surface area contributed by atoms with Gasteiger partial charge in [0.2, 0.25) is 17.6 Å². The second-order valence-electron chi connectivity index (χ2n) is 9.11. The summed E-state index contributed by atoms with van der Waals surface area (Å²) in [5.41, 5.74) is 6.29. The predicted octanol–water partition coefficient (Wildman–Crippen LogP) is 2.62. The summed E-state index contributed by atoms with van der Waals surface area (Å²) >= 11 is 0. The van der Waals surface area contributed by atoms with E-state index in [1.165, 1.54) is 18.9 Å². The number of carbonyl (C=O) groups excluding carboxylic acids is 4. The number of nitrogens with one attached hydrogen (secondary N) is 2. The smallest absolute Gasteiger partial charge is 0.289 e. The Hall–Kier alpha value is -2.48. The molecule has 0 bridgehead atoms. The zero-order valence-electron chi connectivity index (χ0n) is 21.0. The average molecular weight is 477 g/mol. The van der Waals surface area contributed by atoms with Gasteiger partial charge in [0.05, 0.1) is 12.1 Å². The summed E-state index contributed by atoms with van der Waals surface area (Å²) < 4.78 is 0. The van der Waals surface area contributed by atoms with Crippen LogP contribution in [0.25, 0.3) is 0 Å². The summed E-state index contributed by atoms with van der Waals surface area (Å²) in [6, 6.07) is -2.24. The molecule has 0 aromatic rings. The molecule has 1 heterocycles. The number of Topliss-reactive ketones (excluding diaryl/α,β-unsaturated/α-hetero) is 1. The minimum atomic E-state index is -0.972. The quantitative estimate of drug-likeness (QED) is 0.313. The van der Waals surface area contributed by atoms with Crippen LogP contribution in [-0.2, 0) is 19.2 Å². The van der Waals surface area contributed by atoms with E-state index in [2.05, 4.69) is 37.6 Å². The lowest BCUT2D eigenvalue weighted by molar-refractivity contribution is -0.143. The van der Waals surface area contributed by atoms with Crippen molar-refractivity contribution in [2.75, 3.05) is 13.1 Å². The summed E-state index contributed by atoms with van der Waals surface area (Å²) in [6.07, 6.45) is 11.5. The first-order valence-electron chi connectivity index (χ1n) is 12.7. The number of carbonyl (C=O) groups is 4. The third-order valence-electron chi connectivity index (χ3n) is 6.20. The van der Waals surface area contributed by atoms with E-state index in [9.17, 15) is 19.2 Å². The van der Waals surface area contributed by atoms with E-state index in [1.54, 1.807) is 11.0 Å². The van der Waals surface area contributed by atoms with Gasteiger partial charge in [0.25, 0.3) is 5.91 Å². The number of nitrogens with zero attached hydrogens (tertiary/aromatic N) is 1. The van der Waals surface area contributed by atoms with Crippen LogP contribution in [-0.4, -0.2) is 59.6 Å². The lowest BCUT2D eigenvalue weighted by atomic mass is 9.83.